The lowest BCUT2D eigenvalue weighted by atomic mass is 10.1. The van der Waals surface area contributed by atoms with Gasteiger partial charge in [-0.2, -0.15) is 0 Å². The highest BCUT2D eigenvalue weighted by atomic mass is 32.2. The van der Waals surface area contributed by atoms with E-state index in [0.717, 1.165) is 11.3 Å². The smallest absolute Gasteiger partial charge is 0.234 e. The zero-order chi connectivity index (χ0) is 19.2. The molecule has 0 bridgehead atoms. The number of anilines is 1. The number of rotatable bonds is 7. The van der Waals surface area contributed by atoms with Crippen molar-refractivity contribution < 1.29 is 13.9 Å². The van der Waals surface area contributed by atoms with Crippen LogP contribution in [0.4, 0.5) is 10.1 Å². The van der Waals surface area contributed by atoms with E-state index < -0.39 is 0 Å². The van der Waals surface area contributed by atoms with E-state index >= 15 is 0 Å². The van der Waals surface area contributed by atoms with Crippen LogP contribution in [0.3, 0.4) is 0 Å². The van der Waals surface area contributed by atoms with Crippen molar-refractivity contribution in [3.05, 3.63) is 65.7 Å². The Morgan fingerprint density at radius 3 is 2.56 bits per heavy atom. The molecule has 0 aliphatic carbocycles. The molecule has 3 N–H and O–H groups in total. The van der Waals surface area contributed by atoms with Gasteiger partial charge in [0, 0.05) is 12.1 Å². The molecule has 1 heterocycles. The number of nitrogens with two attached hydrogens (primary N) is 1. The number of amides is 1. The normalized spacial score (nSPS) is 10.6. The number of nitrogens with one attached hydrogen (secondary N) is 1. The third-order valence-electron chi connectivity index (χ3n) is 3.72. The monoisotopic (exact) mass is 387 g/mol. The first kappa shape index (κ1) is 18.7. The van der Waals surface area contributed by atoms with Crippen LogP contribution in [0.25, 0.3) is 0 Å². The Hall–Kier alpha value is -3.07. The minimum Gasteiger partial charge on any atom is -0.497 e. The molecule has 0 saturated carbocycles. The quantitative estimate of drug-likeness (QED) is 0.478. The number of benzene rings is 2. The van der Waals surface area contributed by atoms with E-state index in [-0.39, 0.29) is 17.5 Å². The molecule has 7 nitrogen and oxygen atoms in total. The molecule has 0 aliphatic heterocycles. The minimum atomic E-state index is -0.358. The van der Waals surface area contributed by atoms with Gasteiger partial charge in [0.15, 0.2) is 5.82 Å². The number of carbonyl (C=O) groups is 1. The van der Waals surface area contributed by atoms with Gasteiger partial charge in [-0.05, 0) is 42.0 Å². The third kappa shape index (κ3) is 4.98. The molecule has 9 heteroatoms. The average molecular weight is 387 g/mol. The van der Waals surface area contributed by atoms with Crippen LogP contribution in [0.1, 0.15) is 11.4 Å². The summed E-state index contributed by atoms with van der Waals surface area (Å²) in [5.74, 6) is 6.90. The molecule has 3 aromatic rings. The highest BCUT2D eigenvalue weighted by Crippen LogP contribution is 2.18. The van der Waals surface area contributed by atoms with Gasteiger partial charge in [0.25, 0.3) is 0 Å². The summed E-state index contributed by atoms with van der Waals surface area (Å²) in [6.45, 7) is 0. The molecular weight excluding hydrogens is 369 g/mol. The number of hydrogen-bond acceptors (Lipinski definition) is 6. The number of thioether (sulfide) groups is 1. The van der Waals surface area contributed by atoms with Crippen LogP contribution >= 0.6 is 11.8 Å². The van der Waals surface area contributed by atoms with Gasteiger partial charge in [-0.15, -0.1) is 10.2 Å². The van der Waals surface area contributed by atoms with Crippen molar-refractivity contribution in [1.29, 1.82) is 0 Å². The number of carbonyl (C=O) groups excluding carboxylic acids is 1. The summed E-state index contributed by atoms with van der Waals surface area (Å²) in [6, 6.07) is 13.1. The lowest BCUT2D eigenvalue weighted by Crippen LogP contribution is -2.17. The van der Waals surface area contributed by atoms with Gasteiger partial charge in [-0.25, -0.2) is 9.07 Å². The van der Waals surface area contributed by atoms with Crippen molar-refractivity contribution in [2.75, 3.05) is 24.0 Å². The molecule has 27 heavy (non-hydrogen) atoms. The minimum absolute atomic E-state index is 0.106. The number of ether oxygens (including phenoxy) is 1. The molecule has 0 unspecified atom stereocenters. The number of nitrogen functional groups attached to an aromatic ring is 1. The highest BCUT2D eigenvalue weighted by Gasteiger charge is 2.13. The van der Waals surface area contributed by atoms with Crippen LogP contribution in [0.2, 0.25) is 0 Å². The van der Waals surface area contributed by atoms with Crippen molar-refractivity contribution in [2.45, 2.75) is 11.6 Å². The second-order valence-corrected chi connectivity index (χ2v) is 6.58. The first-order valence-corrected chi connectivity index (χ1v) is 9.04. The van der Waals surface area contributed by atoms with Gasteiger partial charge in [0.2, 0.25) is 11.1 Å². The molecule has 1 aromatic heterocycles. The second-order valence-electron chi connectivity index (χ2n) is 5.64. The molecule has 0 radical (unpaired) electrons. The molecule has 0 aliphatic rings. The maximum Gasteiger partial charge on any atom is 0.234 e. The van der Waals surface area contributed by atoms with E-state index in [1.807, 2.05) is 24.3 Å². The fourth-order valence-electron chi connectivity index (χ4n) is 2.31. The predicted molar refractivity (Wildman–Crippen MR) is 102 cm³/mol. The van der Waals surface area contributed by atoms with Crippen molar-refractivity contribution in [2.24, 2.45) is 0 Å². The summed E-state index contributed by atoms with van der Waals surface area (Å²) in [5.41, 5.74) is 1.54. The number of nitrogens with zero attached hydrogens (tertiary/aromatic N) is 3. The number of aromatic nitrogens is 3. The molecule has 0 saturated heterocycles. The fourth-order valence-corrected chi connectivity index (χ4v) is 2.99. The van der Waals surface area contributed by atoms with Crippen LogP contribution in [0.5, 0.6) is 5.75 Å². The van der Waals surface area contributed by atoms with E-state index in [1.165, 1.54) is 40.7 Å². The molecule has 0 atom stereocenters. The lowest BCUT2D eigenvalue weighted by molar-refractivity contribution is -0.113. The number of methoxy groups -OCH3 is 1. The molecule has 0 spiro atoms. The SMILES string of the molecule is COc1ccc(Cc2nnc(SCC(=O)Nc3ccc(F)cc3)n2N)cc1. The lowest BCUT2D eigenvalue weighted by Gasteiger charge is -2.06. The van der Waals surface area contributed by atoms with Gasteiger partial charge >= 0.3 is 0 Å². The van der Waals surface area contributed by atoms with E-state index in [2.05, 4.69) is 15.5 Å². The summed E-state index contributed by atoms with van der Waals surface area (Å²) in [4.78, 5) is 12.0. The molecule has 2 aromatic carbocycles. The maximum atomic E-state index is 12.9. The van der Waals surface area contributed by atoms with Crippen molar-refractivity contribution >= 4 is 23.4 Å². The fraction of sp³-hybridized carbons (Fsp3) is 0.167. The van der Waals surface area contributed by atoms with Crippen molar-refractivity contribution in [1.82, 2.24) is 14.9 Å². The van der Waals surface area contributed by atoms with Gasteiger partial charge in [-0.3, -0.25) is 4.79 Å². The van der Waals surface area contributed by atoms with Crippen LogP contribution in [0.15, 0.2) is 53.7 Å². The third-order valence-corrected chi connectivity index (χ3v) is 4.66. The Kier molecular flexibility index (Phi) is 5.92. The first-order valence-electron chi connectivity index (χ1n) is 8.05. The average Bonchev–Trinajstić information content (AvgIpc) is 3.02. The zero-order valence-corrected chi connectivity index (χ0v) is 15.4. The predicted octanol–water partition coefficient (Wildman–Crippen LogP) is 2.46. The van der Waals surface area contributed by atoms with Crippen LogP contribution < -0.4 is 15.9 Å². The number of halogens is 1. The topological polar surface area (TPSA) is 95.1 Å². The molecule has 3 rings (SSSR count). The summed E-state index contributed by atoms with van der Waals surface area (Å²) < 4.78 is 19.4. The van der Waals surface area contributed by atoms with Gasteiger partial charge < -0.3 is 15.9 Å². The summed E-state index contributed by atoms with van der Waals surface area (Å²) in [5, 5.41) is 11.2. The first-order chi connectivity index (χ1) is 13.0. The molecular formula is C18H18FN5O2S. The Labute approximate surface area is 159 Å². The summed E-state index contributed by atoms with van der Waals surface area (Å²) in [7, 11) is 1.61. The van der Waals surface area contributed by atoms with Gasteiger partial charge in [-0.1, -0.05) is 23.9 Å². The Balaban J connectivity index is 1.56. The molecule has 0 fully saturated rings. The Morgan fingerprint density at radius 2 is 1.89 bits per heavy atom. The van der Waals surface area contributed by atoms with E-state index in [9.17, 15) is 9.18 Å². The standard InChI is InChI=1S/C18H18FN5O2S/c1-26-15-8-2-12(3-9-15)10-16-22-23-18(24(16)20)27-11-17(25)21-14-6-4-13(19)5-7-14/h2-9H,10-11,20H2,1H3,(H,21,25). The van der Waals surface area contributed by atoms with Crippen LogP contribution in [0, 0.1) is 5.82 Å². The van der Waals surface area contributed by atoms with E-state index in [0.29, 0.717) is 23.1 Å². The van der Waals surface area contributed by atoms with Crippen molar-refractivity contribution in [3.8, 4) is 5.75 Å². The van der Waals surface area contributed by atoms with Crippen LogP contribution in [-0.2, 0) is 11.2 Å². The highest BCUT2D eigenvalue weighted by molar-refractivity contribution is 7.99. The Bertz CT molecular complexity index is 913. The Morgan fingerprint density at radius 1 is 1.19 bits per heavy atom. The molecule has 140 valence electrons. The summed E-state index contributed by atoms with van der Waals surface area (Å²) in [6.07, 6.45) is 0.510. The summed E-state index contributed by atoms with van der Waals surface area (Å²) >= 11 is 1.17. The molecule has 1 amide bonds. The maximum absolute atomic E-state index is 12.9. The van der Waals surface area contributed by atoms with E-state index in [4.69, 9.17) is 10.6 Å². The number of hydrogen-bond donors (Lipinski definition) is 2. The van der Waals surface area contributed by atoms with E-state index in [1.54, 1.807) is 7.11 Å². The zero-order valence-electron chi connectivity index (χ0n) is 14.6. The second kappa shape index (κ2) is 8.54. The van der Waals surface area contributed by atoms with Gasteiger partial charge in [0.1, 0.15) is 11.6 Å². The van der Waals surface area contributed by atoms with Crippen molar-refractivity contribution in [3.63, 3.8) is 0 Å². The largest absolute Gasteiger partial charge is 0.497 e. The van der Waals surface area contributed by atoms with Crippen LogP contribution in [-0.4, -0.2) is 33.6 Å². The van der Waals surface area contributed by atoms with Gasteiger partial charge in [0.05, 0.1) is 12.9 Å².